The van der Waals surface area contributed by atoms with Gasteiger partial charge in [0.15, 0.2) is 11.5 Å². The Labute approximate surface area is 217 Å². The Morgan fingerprint density at radius 3 is 2.30 bits per heavy atom. The minimum Gasteiger partial charge on any atom is -0.493 e. The maximum absolute atomic E-state index is 13.6. The van der Waals surface area contributed by atoms with E-state index in [-0.39, 0.29) is 10.6 Å². The van der Waals surface area contributed by atoms with Crippen molar-refractivity contribution in [2.45, 2.75) is 11.8 Å². The summed E-state index contributed by atoms with van der Waals surface area (Å²) in [6.07, 6.45) is 3.10. The molecule has 37 heavy (non-hydrogen) atoms. The van der Waals surface area contributed by atoms with Crippen LogP contribution in [0.25, 0.3) is 0 Å². The normalized spacial score (nSPS) is 11.1. The molecule has 0 radical (unpaired) electrons. The monoisotopic (exact) mass is 523 g/mol. The van der Waals surface area contributed by atoms with Gasteiger partial charge in [-0.25, -0.2) is 13.8 Å². The molecule has 0 spiro atoms. The quantitative estimate of drug-likeness (QED) is 0.219. The van der Waals surface area contributed by atoms with Crippen LogP contribution < -0.4 is 23.9 Å². The van der Waals surface area contributed by atoms with E-state index in [1.807, 2.05) is 6.92 Å². The van der Waals surface area contributed by atoms with Gasteiger partial charge in [0.05, 0.1) is 31.0 Å². The predicted octanol–water partition coefficient (Wildman–Crippen LogP) is 3.92. The van der Waals surface area contributed by atoms with Crippen LogP contribution in [0.1, 0.15) is 11.1 Å². The van der Waals surface area contributed by atoms with Gasteiger partial charge >= 0.3 is 0 Å². The van der Waals surface area contributed by atoms with Crippen LogP contribution in [-0.4, -0.2) is 47.9 Å². The van der Waals surface area contributed by atoms with Gasteiger partial charge in [-0.05, 0) is 61.0 Å². The smallest absolute Gasteiger partial charge is 0.264 e. The second-order valence-corrected chi connectivity index (χ2v) is 9.69. The highest BCUT2D eigenvalue weighted by Crippen LogP contribution is 2.33. The van der Waals surface area contributed by atoms with Crippen molar-refractivity contribution in [2.24, 2.45) is 5.10 Å². The van der Waals surface area contributed by atoms with Crippen LogP contribution in [-0.2, 0) is 14.8 Å². The lowest BCUT2D eigenvalue weighted by Gasteiger charge is -2.24. The molecule has 0 bridgehead atoms. The lowest BCUT2D eigenvalue weighted by atomic mass is 10.2. The number of rotatable bonds is 12. The van der Waals surface area contributed by atoms with Gasteiger partial charge in [-0.2, -0.15) is 5.10 Å². The number of nitrogens with one attached hydrogen (secondary N) is 1. The number of nitrogens with zero attached hydrogens (tertiary/aromatic N) is 2. The van der Waals surface area contributed by atoms with E-state index in [1.165, 1.54) is 38.6 Å². The second kappa shape index (κ2) is 12.6. The molecule has 0 aliphatic carbocycles. The topological polar surface area (TPSA) is 107 Å². The molecule has 1 amide bonds. The summed E-state index contributed by atoms with van der Waals surface area (Å²) in [6.45, 7) is 5.34. The number of aryl methyl sites for hydroxylation is 1. The maximum Gasteiger partial charge on any atom is 0.264 e. The first-order valence-corrected chi connectivity index (χ1v) is 12.7. The third-order valence-electron chi connectivity index (χ3n) is 5.20. The molecular weight excluding hydrogens is 494 g/mol. The molecule has 0 fully saturated rings. The summed E-state index contributed by atoms with van der Waals surface area (Å²) in [5, 5.41) is 3.96. The highest BCUT2D eigenvalue weighted by molar-refractivity contribution is 7.92. The van der Waals surface area contributed by atoms with Crippen molar-refractivity contribution >= 4 is 27.8 Å². The van der Waals surface area contributed by atoms with Crippen LogP contribution in [0.4, 0.5) is 5.69 Å². The minimum atomic E-state index is -4.10. The molecule has 3 aromatic carbocycles. The summed E-state index contributed by atoms with van der Waals surface area (Å²) in [6, 6.07) is 18.1. The fraction of sp³-hybridized carbons (Fsp3) is 0.185. The molecule has 0 saturated carbocycles. The lowest BCUT2D eigenvalue weighted by molar-refractivity contribution is -0.119. The van der Waals surface area contributed by atoms with Gasteiger partial charge in [0.1, 0.15) is 18.9 Å². The Balaban J connectivity index is 1.83. The highest BCUT2D eigenvalue weighted by Gasteiger charge is 2.28. The van der Waals surface area contributed by atoms with E-state index in [9.17, 15) is 13.2 Å². The summed E-state index contributed by atoms with van der Waals surface area (Å²) in [7, 11) is -1.17. The first-order valence-electron chi connectivity index (χ1n) is 11.3. The number of hydrogen-bond donors (Lipinski definition) is 1. The second-order valence-electron chi connectivity index (χ2n) is 7.83. The number of benzene rings is 3. The number of carbonyl (C=O) groups is 1. The van der Waals surface area contributed by atoms with E-state index in [0.717, 1.165) is 15.4 Å². The third-order valence-corrected chi connectivity index (χ3v) is 6.99. The van der Waals surface area contributed by atoms with Gasteiger partial charge in [-0.15, -0.1) is 0 Å². The zero-order chi connectivity index (χ0) is 26.8. The molecular formula is C27H29N3O6S. The molecule has 9 nitrogen and oxygen atoms in total. The molecule has 3 rings (SSSR count). The molecule has 3 aromatic rings. The molecule has 0 aliphatic rings. The number of hydrazone groups is 1. The fourth-order valence-corrected chi connectivity index (χ4v) is 4.70. The van der Waals surface area contributed by atoms with E-state index in [1.54, 1.807) is 54.6 Å². The maximum atomic E-state index is 13.6. The van der Waals surface area contributed by atoms with Crippen molar-refractivity contribution in [2.75, 3.05) is 31.7 Å². The van der Waals surface area contributed by atoms with E-state index < -0.39 is 22.5 Å². The third kappa shape index (κ3) is 7.11. The van der Waals surface area contributed by atoms with Gasteiger partial charge in [0, 0.05) is 6.07 Å². The van der Waals surface area contributed by atoms with Gasteiger partial charge in [-0.1, -0.05) is 30.4 Å². The van der Waals surface area contributed by atoms with Gasteiger partial charge in [0.25, 0.3) is 15.9 Å². The molecule has 1 N–H and O–H groups in total. The van der Waals surface area contributed by atoms with Crippen LogP contribution in [0.5, 0.6) is 17.2 Å². The minimum absolute atomic E-state index is 0.0444. The predicted molar refractivity (Wildman–Crippen MR) is 143 cm³/mol. The molecule has 194 valence electrons. The summed E-state index contributed by atoms with van der Waals surface area (Å²) < 4.78 is 44.1. The average molecular weight is 524 g/mol. The van der Waals surface area contributed by atoms with E-state index in [4.69, 9.17) is 14.2 Å². The van der Waals surface area contributed by atoms with Crippen LogP contribution in [0.2, 0.25) is 0 Å². The van der Waals surface area contributed by atoms with Crippen LogP contribution in [0.3, 0.4) is 0 Å². The number of anilines is 1. The number of methoxy groups -OCH3 is 2. The Kier molecular flexibility index (Phi) is 9.28. The first-order chi connectivity index (χ1) is 17.8. The van der Waals surface area contributed by atoms with Crippen molar-refractivity contribution in [1.29, 1.82) is 0 Å². The lowest BCUT2D eigenvalue weighted by Crippen LogP contribution is -2.39. The molecule has 0 aliphatic heterocycles. The molecule has 10 heteroatoms. The van der Waals surface area contributed by atoms with Gasteiger partial charge in [-0.3, -0.25) is 9.10 Å². The molecule has 0 saturated heterocycles. The molecule has 0 aromatic heterocycles. The number of ether oxygens (including phenoxy) is 3. The Hall–Kier alpha value is -4.31. The molecule has 0 atom stereocenters. The van der Waals surface area contributed by atoms with Gasteiger partial charge in [0.2, 0.25) is 0 Å². The first kappa shape index (κ1) is 27.3. The molecule has 0 heterocycles. The van der Waals surface area contributed by atoms with E-state index in [2.05, 4.69) is 17.1 Å². The largest absolute Gasteiger partial charge is 0.493 e. The van der Waals surface area contributed by atoms with E-state index >= 15 is 0 Å². The molecule has 0 unspecified atom stereocenters. The van der Waals surface area contributed by atoms with Crippen LogP contribution in [0.15, 0.2) is 89.4 Å². The van der Waals surface area contributed by atoms with E-state index in [0.29, 0.717) is 23.9 Å². The Morgan fingerprint density at radius 1 is 1.00 bits per heavy atom. The van der Waals surface area contributed by atoms with Crippen LogP contribution >= 0.6 is 0 Å². The summed E-state index contributed by atoms with van der Waals surface area (Å²) >= 11 is 0. The average Bonchev–Trinajstić information content (AvgIpc) is 2.91. The number of amides is 1. The van der Waals surface area contributed by atoms with Crippen LogP contribution in [0, 0.1) is 6.92 Å². The zero-order valence-electron chi connectivity index (χ0n) is 20.9. The summed E-state index contributed by atoms with van der Waals surface area (Å²) in [4.78, 5) is 12.8. The SMILES string of the molecule is C=CCOc1ccc(/C=N\NC(=O)CN(c2ccc(OC)c(OC)c2)S(=O)(=O)c2ccc(C)cc2)cc1. The number of hydrogen-bond acceptors (Lipinski definition) is 7. The van der Waals surface area contributed by atoms with Crippen molar-refractivity contribution < 1.29 is 27.4 Å². The Morgan fingerprint density at radius 2 is 1.68 bits per heavy atom. The zero-order valence-corrected chi connectivity index (χ0v) is 21.7. The van der Waals surface area contributed by atoms with Crippen molar-refractivity contribution in [3.63, 3.8) is 0 Å². The van der Waals surface area contributed by atoms with Gasteiger partial charge < -0.3 is 14.2 Å². The van der Waals surface area contributed by atoms with Crippen molar-refractivity contribution in [1.82, 2.24) is 5.43 Å². The highest BCUT2D eigenvalue weighted by atomic mass is 32.2. The van der Waals surface area contributed by atoms with Crippen molar-refractivity contribution in [3.8, 4) is 17.2 Å². The number of carbonyl (C=O) groups excluding carboxylic acids is 1. The standard InChI is InChI=1S/C27H29N3O6S/c1-5-16-36-23-11-8-21(9-12-23)18-28-29-27(31)19-30(22-10-15-25(34-3)26(17-22)35-4)37(32,33)24-13-6-20(2)7-14-24/h5-15,17-18H,1,16,19H2,2-4H3,(H,29,31)/b28-18-. The number of sulfonamides is 1. The fourth-order valence-electron chi connectivity index (χ4n) is 3.28. The summed E-state index contributed by atoms with van der Waals surface area (Å²) in [5.41, 5.74) is 4.24. The van der Waals surface area contributed by atoms with Crippen molar-refractivity contribution in [3.05, 3.63) is 90.5 Å². The summed E-state index contributed by atoms with van der Waals surface area (Å²) in [5.74, 6) is 0.789. The Bertz CT molecular complexity index is 1350.